The van der Waals surface area contributed by atoms with Crippen molar-refractivity contribution in [2.24, 2.45) is 0 Å². The molecule has 5 rings (SSSR count). The van der Waals surface area contributed by atoms with E-state index in [1.165, 1.54) is 11.1 Å². The van der Waals surface area contributed by atoms with Gasteiger partial charge in [0.15, 0.2) is 12.0 Å². The number of piperazine rings is 1. The molecule has 1 unspecified atom stereocenters. The lowest BCUT2D eigenvalue weighted by Gasteiger charge is -2.39. The van der Waals surface area contributed by atoms with E-state index in [-0.39, 0.29) is 31.4 Å². The van der Waals surface area contributed by atoms with E-state index in [1.54, 1.807) is 17.2 Å². The molecule has 3 aliphatic heterocycles. The Morgan fingerprint density at radius 1 is 1.22 bits per heavy atom. The van der Waals surface area contributed by atoms with Crippen molar-refractivity contribution in [3.8, 4) is 0 Å². The van der Waals surface area contributed by atoms with E-state index in [4.69, 9.17) is 9.47 Å². The molecule has 4 heterocycles. The van der Waals surface area contributed by atoms with Crippen molar-refractivity contribution in [1.82, 2.24) is 14.8 Å². The van der Waals surface area contributed by atoms with Gasteiger partial charge in [0.2, 0.25) is 5.91 Å². The predicted molar refractivity (Wildman–Crippen MR) is 113 cm³/mol. The zero-order valence-corrected chi connectivity index (χ0v) is 17.7. The van der Waals surface area contributed by atoms with Gasteiger partial charge in [-0.25, -0.2) is 9.18 Å². The summed E-state index contributed by atoms with van der Waals surface area (Å²) < 4.78 is 25.8. The number of nitrogens with zero attached hydrogens (tertiary/aromatic N) is 4. The zero-order valence-electron chi connectivity index (χ0n) is 17.7. The Hall–Kier alpha value is -3.20. The van der Waals surface area contributed by atoms with Crippen molar-refractivity contribution in [2.45, 2.75) is 31.3 Å². The molecule has 3 fully saturated rings. The minimum absolute atomic E-state index is 0.0160. The van der Waals surface area contributed by atoms with Crippen molar-refractivity contribution in [2.75, 3.05) is 37.6 Å². The molecule has 1 aromatic heterocycles. The standard InChI is InChI=1S/C23H25FN4O4/c24-18-12-25-9-6-19(18)26-10-7-23(8-11-26)16-28-20(29)13-27(14-21(28)32-23)22(30)31-15-17-4-2-1-3-5-17/h1-6,9,12,21H,7-8,10-11,13-16H2. The first-order valence-electron chi connectivity index (χ1n) is 10.8. The van der Waals surface area contributed by atoms with Crippen LogP contribution in [0.4, 0.5) is 14.9 Å². The molecule has 1 spiro atoms. The largest absolute Gasteiger partial charge is 0.445 e. The van der Waals surface area contributed by atoms with Crippen LogP contribution in [0.25, 0.3) is 0 Å². The molecule has 2 aromatic rings. The summed E-state index contributed by atoms with van der Waals surface area (Å²) in [6.45, 7) is 2.17. The van der Waals surface area contributed by atoms with Crippen molar-refractivity contribution < 1.29 is 23.5 Å². The number of amides is 2. The van der Waals surface area contributed by atoms with E-state index >= 15 is 0 Å². The normalized spacial score (nSPS) is 22.2. The summed E-state index contributed by atoms with van der Waals surface area (Å²) in [6, 6.07) is 11.1. The highest BCUT2D eigenvalue weighted by Gasteiger charge is 2.51. The van der Waals surface area contributed by atoms with Crippen molar-refractivity contribution in [3.05, 3.63) is 60.2 Å². The average Bonchev–Trinajstić information content (AvgIpc) is 3.17. The molecule has 0 aliphatic carbocycles. The average molecular weight is 440 g/mol. The molecule has 0 radical (unpaired) electrons. The Labute approximate surface area is 185 Å². The minimum atomic E-state index is -0.519. The summed E-state index contributed by atoms with van der Waals surface area (Å²) in [6.07, 6.45) is 3.15. The fourth-order valence-electron chi connectivity index (χ4n) is 4.70. The van der Waals surface area contributed by atoms with E-state index in [1.807, 2.05) is 35.2 Å². The fourth-order valence-corrected chi connectivity index (χ4v) is 4.70. The Bertz CT molecular complexity index is 997. The van der Waals surface area contributed by atoms with Crippen LogP contribution < -0.4 is 4.90 Å². The van der Waals surface area contributed by atoms with Gasteiger partial charge in [0.05, 0.1) is 30.6 Å². The molecule has 168 valence electrons. The summed E-state index contributed by atoms with van der Waals surface area (Å²) in [5.41, 5.74) is 0.956. The zero-order chi connectivity index (χ0) is 22.1. The Morgan fingerprint density at radius 2 is 2.00 bits per heavy atom. The van der Waals surface area contributed by atoms with Crippen LogP contribution in [0.3, 0.4) is 0 Å². The second kappa shape index (κ2) is 8.38. The summed E-state index contributed by atoms with van der Waals surface area (Å²) in [5.74, 6) is -0.481. The lowest BCUT2D eigenvalue weighted by molar-refractivity contribution is -0.147. The van der Waals surface area contributed by atoms with E-state index in [0.29, 0.717) is 38.2 Å². The second-order valence-electron chi connectivity index (χ2n) is 8.51. The molecule has 9 heteroatoms. The van der Waals surface area contributed by atoms with Gasteiger partial charge in [0.1, 0.15) is 13.2 Å². The lowest BCUT2D eigenvalue weighted by Crippen LogP contribution is -2.55. The van der Waals surface area contributed by atoms with Gasteiger partial charge in [0, 0.05) is 19.3 Å². The van der Waals surface area contributed by atoms with Gasteiger partial charge in [-0.2, -0.15) is 0 Å². The summed E-state index contributed by atoms with van der Waals surface area (Å²) in [4.78, 5) is 34.2. The van der Waals surface area contributed by atoms with Crippen LogP contribution in [0.1, 0.15) is 18.4 Å². The number of fused-ring (bicyclic) bond motifs is 1. The first kappa shape index (κ1) is 20.7. The number of carbonyl (C=O) groups excluding carboxylic acids is 2. The molecule has 1 aromatic carbocycles. The molecule has 3 aliphatic rings. The molecular formula is C23H25FN4O4. The van der Waals surface area contributed by atoms with E-state index in [0.717, 1.165) is 5.56 Å². The van der Waals surface area contributed by atoms with Crippen LogP contribution in [0.15, 0.2) is 48.8 Å². The number of pyridine rings is 1. The molecule has 2 amide bonds. The molecule has 1 atom stereocenters. The van der Waals surface area contributed by atoms with Gasteiger partial charge in [-0.15, -0.1) is 0 Å². The minimum Gasteiger partial charge on any atom is -0.445 e. The van der Waals surface area contributed by atoms with Gasteiger partial charge in [-0.1, -0.05) is 30.3 Å². The molecule has 0 bridgehead atoms. The van der Waals surface area contributed by atoms with Gasteiger partial charge < -0.3 is 19.3 Å². The maximum Gasteiger partial charge on any atom is 0.410 e. The van der Waals surface area contributed by atoms with Crippen LogP contribution in [-0.4, -0.2) is 71.3 Å². The molecule has 3 saturated heterocycles. The number of anilines is 1. The maximum atomic E-state index is 14.1. The first-order chi connectivity index (χ1) is 15.5. The highest BCUT2D eigenvalue weighted by Crippen LogP contribution is 2.38. The van der Waals surface area contributed by atoms with Crippen molar-refractivity contribution in [1.29, 1.82) is 0 Å². The number of halogens is 1. The highest BCUT2D eigenvalue weighted by molar-refractivity contribution is 5.84. The van der Waals surface area contributed by atoms with E-state index in [9.17, 15) is 14.0 Å². The summed E-state index contributed by atoms with van der Waals surface area (Å²) in [5, 5.41) is 0. The van der Waals surface area contributed by atoms with Crippen LogP contribution in [-0.2, 0) is 20.9 Å². The monoisotopic (exact) mass is 440 g/mol. The number of hydrogen-bond donors (Lipinski definition) is 0. The number of carbonyl (C=O) groups is 2. The third kappa shape index (κ3) is 4.00. The molecule has 8 nitrogen and oxygen atoms in total. The van der Waals surface area contributed by atoms with Gasteiger partial charge in [-0.3, -0.25) is 14.7 Å². The first-order valence-corrected chi connectivity index (χ1v) is 10.8. The van der Waals surface area contributed by atoms with Gasteiger partial charge in [0.25, 0.3) is 0 Å². The molecule has 32 heavy (non-hydrogen) atoms. The third-order valence-electron chi connectivity index (χ3n) is 6.44. The van der Waals surface area contributed by atoms with Gasteiger partial charge in [-0.05, 0) is 24.5 Å². The summed E-state index contributed by atoms with van der Waals surface area (Å²) in [7, 11) is 0. The van der Waals surface area contributed by atoms with Crippen molar-refractivity contribution in [3.63, 3.8) is 0 Å². The molecular weight excluding hydrogens is 415 g/mol. The van der Waals surface area contributed by atoms with Crippen LogP contribution in [0.2, 0.25) is 0 Å². The Balaban J connectivity index is 1.19. The van der Waals surface area contributed by atoms with Crippen LogP contribution in [0, 0.1) is 5.82 Å². The van der Waals surface area contributed by atoms with E-state index < -0.39 is 17.9 Å². The number of rotatable bonds is 3. The summed E-state index contributed by atoms with van der Waals surface area (Å²) >= 11 is 0. The highest BCUT2D eigenvalue weighted by atomic mass is 19.1. The number of hydrogen-bond acceptors (Lipinski definition) is 6. The number of aromatic nitrogens is 1. The van der Waals surface area contributed by atoms with Crippen LogP contribution in [0.5, 0.6) is 0 Å². The Kier molecular flexibility index (Phi) is 5.42. The second-order valence-corrected chi connectivity index (χ2v) is 8.51. The predicted octanol–water partition coefficient (Wildman–Crippen LogP) is 2.40. The fraction of sp³-hybridized carbons (Fsp3) is 0.435. The quantitative estimate of drug-likeness (QED) is 0.730. The smallest absolute Gasteiger partial charge is 0.410 e. The van der Waals surface area contributed by atoms with Crippen molar-refractivity contribution >= 4 is 17.7 Å². The lowest BCUT2D eigenvalue weighted by atomic mass is 9.91. The van der Waals surface area contributed by atoms with Gasteiger partial charge >= 0.3 is 6.09 Å². The SMILES string of the molecule is O=C(OCc1ccccc1)N1CC(=O)N2CC3(CCN(c4ccncc4F)CC3)OC2C1. The number of ether oxygens (including phenoxy) is 2. The van der Waals surface area contributed by atoms with E-state index in [2.05, 4.69) is 4.98 Å². The number of piperidine rings is 1. The maximum absolute atomic E-state index is 14.1. The molecule has 0 saturated carbocycles. The number of benzene rings is 1. The van der Waals surface area contributed by atoms with Crippen LogP contribution >= 0.6 is 0 Å². The third-order valence-corrected chi connectivity index (χ3v) is 6.44. The topological polar surface area (TPSA) is 75.2 Å². The Morgan fingerprint density at radius 3 is 2.75 bits per heavy atom. The molecule has 0 N–H and O–H groups in total.